The summed E-state index contributed by atoms with van der Waals surface area (Å²) in [5.41, 5.74) is 1.80. The SMILES string of the molecule is CC(=O)c1ccc(NC(=S)NC(=O)c2ccc(OCCC(C)C)cc2)cc1. The van der Waals surface area contributed by atoms with Crippen molar-refractivity contribution in [3.63, 3.8) is 0 Å². The number of amides is 1. The van der Waals surface area contributed by atoms with Crippen LogP contribution < -0.4 is 15.4 Å². The number of rotatable bonds is 7. The van der Waals surface area contributed by atoms with Crippen LogP contribution in [0.25, 0.3) is 0 Å². The summed E-state index contributed by atoms with van der Waals surface area (Å²) in [7, 11) is 0. The molecule has 2 aromatic carbocycles. The number of hydrogen-bond acceptors (Lipinski definition) is 4. The van der Waals surface area contributed by atoms with E-state index >= 15 is 0 Å². The van der Waals surface area contributed by atoms with Crippen LogP contribution in [-0.4, -0.2) is 23.4 Å². The summed E-state index contributed by atoms with van der Waals surface area (Å²) in [5.74, 6) is 1.01. The first-order chi connectivity index (χ1) is 12.8. The van der Waals surface area contributed by atoms with Gasteiger partial charge in [-0.05, 0) is 80.0 Å². The molecule has 1 amide bonds. The molecule has 2 N–H and O–H groups in total. The highest BCUT2D eigenvalue weighted by Gasteiger charge is 2.09. The fraction of sp³-hybridized carbons (Fsp3) is 0.286. The van der Waals surface area contributed by atoms with E-state index < -0.39 is 0 Å². The normalized spacial score (nSPS) is 10.4. The van der Waals surface area contributed by atoms with Crippen molar-refractivity contribution >= 4 is 34.7 Å². The summed E-state index contributed by atoms with van der Waals surface area (Å²) < 4.78 is 5.64. The van der Waals surface area contributed by atoms with Crippen LogP contribution in [0, 0.1) is 5.92 Å². The second-order valence-corrected chi connectivity index (χ2v) is 7.01. The average Bonchev–Trinajstić information content (AvgIpc) is 2.62. The predicted molar refractivity (Wildman–Crippen MR) is 112 cm³/mol. The van der Waals surface area contributed by atoms with E-state index in [1.165, 1.54) is 6.92 Å². The van der Waals surface area contributed by atoms with Crippen LogP contribution in [0.5, 0.6) is 5.75 Å². The Morgan fingerprint density at radius 1 is 1.00 bits per heavy atom. The number of ether oxygens (including phenoxy) is 1. The van der Waals surface area contributed by atoms with Crippen LogP contribution in [0.4, 0.5) is 5.69 Å². The first-order valence-corrected chi connectivity index (χ1v) is 9.22. The summed E-state index contributed by atoms with van der Waals surface area (Å²) in [6, 6.07) is 13.8. The van der Waals surface area contributed by atoms with Gasteiger partial charge in [0, 0.05) is 16.8 Å². The number of anilines is 1. The van der Waals surface area contributed by atoms with Crippen molar-refractivity contribution in [2.24, 2.45) is 5.92 Å². The molecule has 0 radical (unpaired) electrons. The van der Waals surface area contributed by atoms with Crippen LogP contribution in [-0.2, 0) is 0 Å². The molecule has 0 saturated heterocycles. The zero-order chi connectivity index (χ0) is 19.8. The third kappa shape index (κ3) is 6.83. The molecule has 0 heterocycles. The number of carbonyl (C=O) groups excluding carboxylic acids is 2. The molecule has 5 nitrogen and oxygen atoms in total. The molecule has 0 aromatic heterocycles. The van der Waals surface area contributed by atoms with Gasteiger partial charge in [-0.3, -0.25) is 14.9 Å². The minimum Gasteiger partial charge on any atom is -0.494 e. The lowest BCUT2D eigenvalue weighted by Gasteiger charge is -2.11. The van der Waals surface area contributed by atoms with E-state index in [2.05, 4.69) is 24.5 Å². The van der Waals surface area contributed by atoms with E-state index in [4.69, 9.17) is 17.0 Å². The zero-order valence-electron chi connectivity index (χ0n) is 15.7. The Morgan fingerprint density at radius 3 is 2.15 bits per heavy atom. The van der Waals surface area contributed by atoms with Crippen molar-refractivity contribution in [3.05, 3.63) is 59.7 Å². The summed E-state index contributed by atoms with van der Waals surface area (Å²) in [4.78, 5) is 23.6. The van der Waals surface area contributed by atoms with Gasteiger partial charge in [0.05, 0.1) is 6.61 Å². The molecule has 27 heavy (non-hydrogen) atoms. The molecule has 0 aliphatic heterocycles. The first kappa shape index (κ1) is 20.6. The number of thiocarbonyl (C=S) groups is 1. The molecule has 0 aliphatic rings. The molecular weight excluding hydrogens is 360 g/mol. The Hall–Kier alpha value is -2.73. The number of carbonyl (C=O) groups is 2. The number of hydrogen-bond donors (Lipinski definition) is 2. The molecule has 0 unspecified atom stereocenters. The van der Waals surface area contributed by atoms with Gasteiger partial charge in [0.15, 0.2) is 10.9 Å². The fourth-order valence-electron chi connectivity index (χ4n) is 2.24. The van der Waals surface area contributed by atoms with Crippen molar-refractivity contribution in [2.75, 3.05) is 11.9 Å². The molecular formula is C21H24N2O3S. The van der Waals surface area contributed by atoms with Crippen molar-refractivity contribution < 1.29 is 14.3 Å². The standard InChI is InChI=1S/C21H24N2O3S/c1-14(2)12-13-26-19-10-6-17(7-11-19)20(25)23-21(27)22-18-8-4-16(5-9-18)15(3)24/h4-11,14H,12-13H2,1-3H3,(H2,22,23,25,27). The third-order valence-corrected chi connectivity index (χ3v) is 4.06. The molecule has 2 rings (SSSR count). The van der Waals surface area contributed by atoms with Crippen molar-refractivity contribution in [2.45, 2.75) is 27.2 Å². The smallest absolute Gasteiger partial charge is 0.257 e. The van der Waals surface area contributed by atoms with Crippen LogP contribution in [0.1, 0.15) is 47.9 Å². The highest BCUT2D eigenvalue weighted by molar-refractivity contribution is 7.80. The Balaban J connectivity index is 1.86. The molecule has 6 heteroatoms. The van der Waals surface area contributed by atoms with Gasteiger partial charge in [-0.2, -0.15) is 0 Å². The van der Waals surface area contributed by atoms with Gasteiger partial charge in [-0.15, -0.1) is 0 Å². The maximum absolute atomic E-state index is 12.3. The minimum absolute atomic E-state index is 0.00550. The summed E-state index contributed by atoms with van der Waals surface area (Å²) in [6.45, 7) is 6.45. The second-order valence-electron chi connectivity index (χ2n) is 6.60. The quantitative estimate of drug-likeness (QED) is 0.546. The van der Waals surface area contributed by atoms with E-state index in [9.17, 15) is 9.59 Å². The Labute approximate surface area is 165 Å². The highest BCUT2D eigenvalue weighted by Crippen LogP contribution is 2.14. The van der Waals surface area contributed by atoms with Gasteiger partial charge in [-0.25, -0.2) is 0 Å². The largest absolute Gasteiger partial charge is 0.494 e. The molecule has 0 bridgehead atoms. The van der Waals surface area contributed by atoms with Crippen molar-refractivity contribution in [1.82, 2.24) is 5.32 Å². The van der Waals surface area contributed by atoms with Gasteiger partial charge in [0.25, 0.3) is 5.91 Å². The highest BCUT2D eigenvalue weighted by atomic mass is 32.1. The Bertz CT molecular complexity index is 799. The fourth-order valence-corrected chi connectivity index (χ4v) is 2.45. The zero-order valence-corrected chi connectivity index (χ0v) is 16.6. The van der Waals surface area contributed by atoms with Crippen LogP contribution in [0.2, 0.25) is 0 Å². The lowest BCUT2D eigenvalue weighted by molar-refractivity contribution is 0.0976. The second kappa shape index (κ2) is 9.83. The number of Topliss-reactive ketones (excluding diaryl/α,β-unsaturated/α-hetero) is 1. The van der Waals surface area contributed by atoms with E-state index in [0.29, 0.717) is 29.3 Å². The average molecular weight is 385 g/mol. The molecule has 0 spiro atoms. The van der Waals surface area contributed by atoms with Crippen LogP contribution in [0.15, 0.2) is 48.5 Å². The molecule has 2 aromatic rings. The van der Waals surface area contributed by atoms with Gasteiger partial charge in [0.2, 0.25) is 0 Å². The lowest BCUT2D eigenvalue weighted by Crippen LogP contribution is -2.34. The Kier molecular flexibility index (Phi) is 7.49. The Morgan fingerprint density at radius 2 is 1.59 bits per heavy atom. The molecule has 0 aliphatic carbocycles. The maximum atomic E-state index is 12.3. The number of ketones is 1. The topological polar surface area (TPSA) is 67.4 Å². The minimum atomic E-state index is -0.304. The van der Waals surface area contributed by atoms with E-state index in [1.54, 1.807) is 48.5 Å². The van der Waals surface area contributed by atoms with Crippen LogP contribution in [0.3, 0.4) is 0 Å². The number of benzene rings is 2. The van der Waals surface area contributed by atoms with E-state index in [1.807, 2.05) is 0 Å². The summed E-state index contributed by atoms with van der Waals surface area (Å²) in [5, 5.41) is 5.74. The van der Waals surface area contributed by atoms with E-state index in [-0.39, 0.29) is 16.8 Å². The third-order valence-electron chi connectivity index (χ3n) is 3.86. The van der Waals surface area contributed by atoms with Crippen molar-refractivity contribution in [3.8, 4) is 5.75 Å². The summed E-state index contributed by atoms with van der Waals surface area (Å²) in [6.07, 6.45) is 0.982. The predicted octanol–water partition coefficient (Wildman–Crippen LogP) is 4.44. The van der Waals surface area contributed by atoms with E-state index in [0.717, 1.165) is 12.2 Å². The van der Waals surface area contributed by atoms with Gasteiger partial charge in [-0.1, -0.05) is 13.8 Å². The van der Waals surface area contributed by atoms with Crippen LogP contribution >= 0.6 is 12.2 Å². The van der Waals surface area contributed by atoms with Crippen molar-refractivity contribution in [1.29, 1.82) is 0 Å². The lowest BCUT2D eigenvalue weighted by atomic mass is 10.1. The number of nitrogens with one attached hydrogen (secondary N) is 2. The van der Waals surface area contributed by atoms with Gasteiger partial charge in [0.1, 0.15) is 5.75 Å². The monoisotopic (exact) mass is 384 g/mol. The summed E-state index contributed by atoms with van der Waals surface area (Å²) >= 11 is 5.17. The molecule has 142 valence electrons. The molecule has 0 fully saturated rings. The van der Waals surface area contributed by atoms with Gasteiger partial charge < -0.3 is 10.1 Å². The first-order valence-electron chi connectivity index (χ1n) is 8.81. The molecule has 0 atom stereocenters. The maximum Gasteiger partial charge on any atom is 0.257 e. The molecule has 0 saturated carbocycles. The van der Waals surface area contributed by atoms with Gasteiger partial charge >= 0.3 is 0 Å².